The molecule has 19 heavy (non-hydrogen) atoms. The number of hydrogen-bond acceptors (Lipinski definition) is 3. The zero-order valence-electron chi connectivity index (χ0n) is 11.3. The molecule has 0 aliphatic rings. The third kappa shape index (κ3) is 3.01. The molecule has 100 valence electrons. The zero-order valence-corrected chi connectivity index (χ0v) is 12.8. The summed E-state index contributed by atoms with van der Waals surface area (Å²) < 4.78 is 6.33. The van der Waals surface area contributed by atoms with Crippen LogP contribution >= 0.6 is 15.9 Å². The van der Waals surface area contributed by atoms with Crippen molar-refractivity contribution in [2.75, 3.05) is 18.2 Å². The van der Waals surface area contributed by atoms with Gasteiger partial charge in [-0.05, 0) is 55.3 Å². The number of benzene rings is 2. The van der Waals surface area contributed by atoms with Crippen molar-refractivity contribution in [3.8, 4) is 5.75 Å². The Morgan fingerprint density at radius 1 is 1.05 bits per heavy atom. The highest BCUT2D eigenvalue weighted by Crippen LogP contribution is 2.33. The van der Waals surface area contributed by atoms with Crippen LogP contribution in [0.15, 0.2) is 34.8 Å². The van der Waals surface area contributed by atoms with Crippen LogP contribution in [0.2, 0.25) is 0 Å². The maximum absolute atomic E-state index is 6.05. The van der Waals surface area contributed by atoms with Gasteiger partial charge >= 0.3 is 0 Å². The lowest BCUT2D eigenvalue weighted by molar-refractivity contribution is 0.417. The maximum atomic E-state index is 6.05. The van der Waals surface area contributed by atoms with Crippen molar-refractivity contribution in [2.24, 2.45) is 0 Å². The average Bonchev–Trinajstić information content (AvgIpc) is 2.36. The summed E-state index contributed by atoms with van der Waals surface area (Å²) in [6, 6.07) is 9.83. The predicted octanol–water partition coefficient (Wildman–Crippen LogP) is 4.40. The number of aryl methyl sites for hydroxylation is 2. The Bertz CT molecular complexity index is 611. The van der Waals surface area contributed by atoms with E-state index in [-0.39, 0.29) is 0 Å². The van der Waals surface area contributed by atoms with Gasteiger partial charge in [0.2, 0.25) is 0 Å². The number of nitrogens with two attached hydrogens (primary N) is 1. The first kappa shape index (κ1) is 13.7. The van der Waals surface area contributed by atoms with Gasteiger partial charge < -0.3 is 15.8 Å². The van der Waals surface area contributed by atoms with Crippen molar-refractivity contribution >= 4 is 33.0 Å². The molecule has 2 rings (SSSR count). The van der Waals surface area contributed by atoms with Crippen molar-refractivity contribution in [2.45, 2.75) is 13.8 Å². The third-order valence-corrected chi connectivity index (χ3v) is 3.59. The summed E-state index contributed by atoms with van der Waals surface area (Å²) in [4.78, 5) is 0. The van der Waals surface area contributed by atoms with E-state index in [9.17, 15) is 0 Å². The van der Waals surface area contributed by atoms with Crippen molar-refractivity contribution in [3.05, 3.63) is 45.9 Å². The van der Waals surface area contributed by atoms with Gasteiger partial charge in [-0.2, -0.15) is 0 Å². The van der Waals surface area contributed by atoms with Crippen LogP contribution in [0.1, 0.15) is 11.1 Å². The van der Waals surface area contributed by atoms with E-state index >= 15 is 0 Å². The first-order chi connectivity index (χ1) is 9.01. The number of halogens is 1. The maximum Gasteiger partial charge on any atom is 0.142 e. The molecule has 4 heteroatoms. The molecule has 0 aliphatic heterocycles. The molecule has 3 nitrogen and oxygen atoms in total. The molecule has 0 unspecified atom stereocenters. The number of anilines is 3. The summed E-state index contributed by atoms with van der Waals surface area (Å²) >= 11 is 3.46. The van der Waals surface area contributed by atoms with Crippen LogP contribution in [-0.4, -0.2) is 7.11 Å². The topological polar surface area (TPSA) is 47.3 Å². The van der Waals surface area contributed by atoms with E-state index < -0.39 is 0 Å². The van der Waals surface area contributed by atoms with Crippen molar-refractivity contribution in [1.82, 2.24) is 0 Å². The van der Waals surface area contributed by atoms with Gasteiger partial charge in [0.05, 0.1) is 24.2 Å². The van der Waals surface area contributed by atoms with Crippen molar-refractivity contribution in [1.29, 1.82) is 0 Å². The van der Waals surface area contributed by atoms with Crippen LogP contribution in [0.25, 0.3) is 0 Å². The second kappa shape index (κ2) is 5.53. The number of nitrogens with one attached hydrogen (secondary N) is 1. The summed E-state index contributed by atoms with van der Waals surface area (Å²) in [5.74, 6) is 0.779. The summed E-state index contributed by atoms with van der Waals surface area (Å²) in [7, 11) is 1.65. The molecule has 0 saturated heterocycles. The molecule has 0 radical (unpaired) electrons. The highest BCUT2D eigenvalue weighted by Gasteiger charge is 2.07. The summed E-state index contributed by atoms with van der Waals surface area (Å²) in [6.45, 7) is 4.12. The number of rotatable bonds is 3. The highest BCUT2D eigenvalue weighted by molar-refractivity contribution is 9.10. The van der Waals surface area contributed by atoms with E-state index in [1.54, 1.807) is 7.11 Å². The summed E-state index contributed by atoms with van der Waals surface area (Å²) in [5.41, 5.74) is 10.9. The average molecular weight is 321 g/mol. The number of ether oxygens (including phenoxy) is 1. The van der Waals surface area contributed by atoms with Crippen LogP contribution in [-0.2, 0) is 0 Å². The second-order valence-electron chi connectivity index (χ2n) is 4.49. The molecule has 0 saturated carbocycles. The molecule has 0 spiro atoms. The smallest absolute Gasteiger partial charge is 0.142 e. The van der Waals surface area contributed by atoms with Gasteiger partial charge in [0, 0.05) is 4.47 Å². The van der Waals surface area contributed by atoms with Crippen molar-refractivity contribution in [3.63, 3.8) is 0 Å². The SMILES string of the molecule is COc1ccc(Br)cc1Nc1cc(C)c(C)cc1N. The molecule has 0 aliphatic carbocycles. The Balaban J connectivity index is 2.41. The Morgan fingerprint density at radius 2 is 1.74 bits per heavy atom. The monoisotopic (exact) mass is 320 g/mol. The summed E-state index contributed by atoms with van der Waals surface area (Å²) in [5, 5.41) is 3.32. The molecule has 0 fully saturated rings. The minimum absolute atomic E-state index is 0.727. The normalized spacial score (nSPS) is 10.3. The second-order valence-corrected chi connectivity index (χ2v) is 5.41. The molecule has 3 N–H and O–H groups in total. The van der Waals surface area contributed by atoms with Crippen LogP contribution in [0.5, 0.6) is 5.75 Å². The summed E-state index contributed by atoms with van der Waals surface area (Å²) in [6.07, 6.45) is 0. The fourth-order valence-electron chi connectivity index (χ4n) is 1.87. The minimum atomic E-state index is 0.727. The molecule has 2 aromatic carbocycles. The Morgan fingerprint density at radius 3 is 2.42 bits per heavy atom. The Labute approximate surface area is 121 Å². The van der Waals surface area contributed by atoms with Gasteiger partial charge in [-0.1, -0.05) is 15.9 Å². The lowest BCUT2D eigenvalue weighted by Crippen LogP contribution is -2.00. The van der Waals surface area contributed by atoms with E-state index in [1.165, 1.54) is 11.1 Å². The Kier molecular flexibility index (Phi) is 4.00. The number of methoxy groups -OCH3 is 1. The lowest BCUT2D eigenvalue weighted by Gasteiger charge is -2.15. The quantitative estimate of drug-likeness (QED) is 0.824. The van der Waals surface area contributed by atoms with Gasteiger partial charge in [-0.15, -0.1) is 0 Å². The molecule has 0 aromatic heterocycles. The van der Waals surface area contributed by atoms with Crippen molar-refractivity contribution < 1.29 is 4.74 Å². The fourth-order valence-corrected chi connectivity index (χ4v) is 2.23. The van der Waals surface area contributed by atoms with Gasteiger partial charge in [0.15, 0.2) is 0 Å². The molecule has 0 atom stereocenters. The van der Waals surface area contributed by atoms with E-state index in [1.807, 2.05) is 30.3 Å². The van der Waals surface area contributed by atoms with Crippen LogP contribution in [0.3, 0.4) is 0 Å². The van der Waals surface area contributed by atoms with Gasteiger partial charge in [0.25, 0.3) is 0 Å². The number of nitrogen functional groups attached to an aromatic ring is 1. The van der Waals surface area contributed by atoms with Crippen LogP contribution in [0.4, 0.5) is 17.1 Å². The van der Waals surface area contributed by atoms with E-state index in [2.05, 4.69) is 35.1 Å². The third-order valence-electron chi connectivity index (χ3n) is 3.10. The minimum Gasteiger partial charge on any atom is -0.495 e. The predicted molar refractivity (Wildman–Crippen MR) is 84.3 cm³/mol. The van der Waals surface area contributed by atoms with E-state index in [4.69, 9.17) is 10.5 Å². The largest absolute Gasteiger partial charge is 0.495 e. The highest BCUT2D eigenvalue weighted by atomic mass is 79.9. The molecule has 0 bridgehead atoms. The standard InChI is InChI=1S/C15H17BrN2O/c1-9-6-12(17)13(7-10(9)2)18-14-8-11(16)4-5-15(14)19-3/h4-8,18H,17H2,1-3H3. The van der Waals surface area contributed by atoms with Crippen LogP contribution < -0.4 is 15.8 Å². The molecule has 0 amide bonds. The number of hydrogen-bond donors (Lipinski definition) is 2. The zero-order chi connectivity index (χ0) is 14.0. The molecular formula is C15H17BrN2O. The van der Waals surface area contributed by atoms with E-state index in [0.29, 0.717) is 0 Å². The lowest BCUT2D eigenvalue weighted by atomic mass is 10.1. The molecular weight excluding hydrogens is 304 g/mol. The van der Waals surface area contributed by atoms with Gasteiger partial charge in [0.1, 0.15) is 5.75 Å². The first-order valence-electron chi connectivity index (χ1n) is 5.98. The van der Waals surface area contributed by atoms with Crippen LogP contribution in [0, 0.1) is 13.8 Å². The van der Waals surface area contributed by atoms with Gasteiger partial charge in [-0.25, -0.2) is 0 Å². The Hall–Kier alpha value is -1.68. The molecule has 2 aromatic rings. The fraction of sp³-hybridized carbons (Fsp3) is 0.200. The molecule has 0 heterocycles. The van der Waals surface area contributed by atoms with E-state index in [0.717, 1.165) is 27.3 Å². The van der Waals surface area contributed by atoms with Gasteiger partial charge in [-0.3, -0.25) is 0 Å². The first-order valence-corrected chi connectivity index (χ1v) is 6.78.